The first kappa shape index (κ1) is 13.5. The molecule has 1 unspecified atom stereocenters. The van der Waals surface area contributed by atoms with Gasteiger partial charge >= 0.3 is 5.97 Å². The highest BCUT2D eigenvalue weighted by atomic mass is 16.5. The molecule has 1 saturated heterocycles. The molecule has 94 valence electrons. The predicted molar refractivity (Wildman–Crippen MR) is 64.4 cm³/mol. The van der Waals surface area contributed by atoms with Crippen LogP contribution >= 0.6 is 0 Å². The Balaban J connectivity index is 2.19. The van der Waals surface area contributed by atoms with Gasteiger partial charge in [0.05, 0.1) is 13.5 Å². The van der Waals surface area contributed by atoms with Crippen molar-refractivity contribution >= 4 is 5.97 Å². The zero-order valence-corrected chi connectivity index (χ0v) is 10.7. The van der Waals surface area contributed by atoms with Crippen LogP contribution < -0.4 is 0 Å². The van der Waals surface area contributed by atoms with E-state index in [1.54, 1.807) is 0 Å². The molecule has 0 bridgehead atoms. The van der Waals surface area contributed by atoms with Crippen LogP contribution in [0, 0.1) is 0 Å². The molecule has 0 saturated carbocycles. The van der Waals surface area contributed by atoms with Crippen LogP contribution in [0.5, 0.6) is 0 Å². The Kier molecular flexibility index (Phi) is 5.77. The maximum atomic E-state index is 11.0. The number of hydrogen-bond donors (Lipinski definition) is 0. The van der Waals surface area contributed by atoms with Crippen molar-refractivity contribution < 1.29 is 9.53 Å². The van der Waals surface area contributed by atoms with Crippen molar-refractivity contribution in [3.05, 3.63) is 0 Å². The van der Waals surface area contributed by atoms with E-state index in [1.165, 1.54) is 13.5 Å². The third-order valence-electron chi connectivity index (χ3n) is 3.48. The number of carbonyl (C=O) groups is 1. The first-order chi connectivity index (χ1) is 7.67. The second kappa shape index (κ2) is 6.86. The zero-order valence-electron chi connectivity index (χ0n) is 10.7. The van der Waals surface area contributed by atoms with Crippen LogP contribution in [0.2, 0.25) is 0 Å². The molecule has 0 spiro atoms. The molecular formula is C12H24N2O2. The third kappa shape index (κ3) is 4.10. The van der Waals surface area contributed by atoms with Crippen molar-refractivity contribution in [2.45, 2.75) is 32.7 Å². The summed E-state index contributed by atoms with van der Waals surface area (Å²) in [7, 11) is 1.45. The van der Waals surface area contributed by atoms with Gasteiger partial charge in [0.15, 0.2) is 0 Å². The molecule has 1 rings (SSSR count). The van der Waals surface area contributed by atoms with Gasteiger partial charge in [-0.3, -0.25) is 9.69 Å². The van der Waals surface area contributed by atoms with Gasteiger partial charge in [-0.15, -0.1) is 0 Å². The molecule has 1 atom stereocenters. The number of ether oxygens (including phenoxy) is 1. The minimum atomic E-state index is -0.107. The monoisotopic (exact) mass is 228 g/mol. The molecule has 4 heteroatoms. The van der Waals surface area contributed by atoms with E-state index >= 15 is 0 Å². The lowest BCUT2D eigenvalue weighted by atomic mass is 10.2. The summed E-state index contributed by atoms with van der Waals surface area (Å²) >= 11 is 0. The van der Waals surface area contributed by atoms with E-state index in [9.17, 15) is 4.79 Å². The molecule has 0 amide bonds. The molecule has 16 heavy (non-hydrogen) atoms. The van der Waals surface area contributed by atoms with E-state index in [0.29, 0.717) is 12.5 Å². The van der Waals surface area contributed by atoms with Crippen molar-refractivity contribution in [3.63, 3.8) is 0 Å². The Bertz CT molecular complexity index is 213. The largest absolute Gasteiger partial charge is 0.469 e. The highest BCUT2D eigenvalue weighted by Crippen LogP contribution is 2.08. The lowest BCUT2D eigenvalue weighted by Crippen LogP contribution is -2.49. The summed E-state index contributed by atoms with van der Waals surface area (Å²) in [4.78, 5) is 15.9. The summed E-state index contributed by atoms with van der Waals surface area (Å²) in [6.45, 7) is 9.73. The maximum absolute atomic E-state index is 11.0. The molecule has 0 aromatic carbocycles. The predicted octanol–water partition coefficient (Wildman–Crippen LogP) is 0.966. The van der Waals surface area contributed by atoms with E-state index in [-0.39, 0.29) is 5.97 Å². The number of nitrogens with zero attached hydrogens (tertiary/aromatic N) is 2. The Morgan fingerprint density at radius 3 is 2.44 bits per heavy atom. The number of methoxy groups -OCH3 is 1. The fourth-order valence-electron chi connectivity index (χ4n) is 2.04. The van der Waals surface area contributed by atoms with Crippen LogP contribution in [0.15, 0.2) is 0 Å². The van der Waals surface area contributed by atoms with E-state index in [4.69, 9.17) is 0 Å². The molecule has 1 aliphatic rings. The lowest BCUT2D eigenvalue weighted by molar-refractivity contribution is -0.141. The van der Waals surface area contributed by atoms with Crippen molar-refractivity contribution in [2.75, 3.05) is 39.8 Å². The highest BCUT2D eigenvalue weighted by molar-refractivity contribution is 5.69. The van der Waals surface area contributed by atoms with Crippen molar-refractivity contribution in [2.24, 2.45) is 0 Å². The number of carbonyl (C=O) groups excluding carboxylic acids is 1. The first-order valence-corrected chi connectivity index (χ1v) is 6.20. The average molecular weight is 228 g/mol. The molecule has 4 nitrogen and oxygen atoms in total. The zero-order chi connectivity index (χ0) is 12.0. The van der Waals surface area contributed by atoms with Gasteiger partial charge in [-0.05, 0) is 13.3 Å². The standard InChI is InChI=1S/C12H24N2O2/c1-4-11(2)14-9-7-13(8-10-14)6-5-12(15)16-3/h11H,4-10H2,1-3H3. The molecule has 0 aromatic rings. The molecule has 1 fully saturated rings. The van der Waals surface area contributed by atoms with Crippen LogP contribution in [-0.4, -0.2) is 61.6 Å². The van der Waals surface area contributed by atoms with E-state index in [0.717, 1.165) is 32.7 Å². The van der Waals surface area contributed by atoms with Crippen molar-refractivity contribution in [1.29, 1.82) is 0 Å². The molecular weight excluding hydrogens is 204 g/mol. The quantitative estimate of drug-likeness (QED) is 0.656. The van der Waals surface area contributed by atoms with Crippen LogP contribution in [-0.2, 0) is 9.53 Å². The van der Waals surface area contributed by atoms with E-state index < -0.39 is 0 Å². The van der Waals surface area contributed by atoms with Crippen LogP contribution in [0.4, 0.5) is 0 Å². The van der Waals surface area contributed by atoms with Crippen molar-refractivity contribution in [1.82, 2.24) is 9.80 Å². The number of rotatable bonds is 5. The minimum absolute atomic E-state index is 0.107. The van der Waals surface area contributed by atoms with E-state index in [2.05, 4.69) is 28.4 Å². The molecule has 1 heterocycles. The average Bonchev–Trinajstić information content (AvgIpc) is 2.35. The number of piperazine rings is 1. The summed E-state index contributed by atoms with van der Waals surface area (Å²) in [6, 6.07) is 0.683. The molecule has 1 aliphatic heterocycles. The summed E-state index contributed by atoms with van der Waals surface area (Å²) in [6.07, 6.45) is 1.72. The summed E-state index contributed by atoms with van der Waals surface area (Å²) in [5.41, 5.74) is 0. The van der Waals surface area contributed by atoms with Crippen molar-refractivity contribution in [3.8, 4) is 0 Å². The highest BCUT2D eigenvalue weighted by Gasteiger charge is 2.20. The first-order valence-electron chi connectivity index (χ1n) is 6.20. The van der Waals surface area contributed by atoms with Gasteiger partial charge in [0.2, 0.25) is 0 Å². The van der Waals surface area contributed by atoms with Gasteiger partial charge < -0.3 is 9.64 Å². The van der Waals surface area contributed by atoms with Gasteiger partial charge in [0, 0.05) is 38.8 Å². The Morgan fingerprint density at radius 1 is 1.31 bits per heavy atom. The lowest BCUT2D eigenvalue weighted by Gasteiger charge is -2.37. The Labute approximate surface area is 98.5 Å². The molecule has 0 radical (unpaired) electrons. The van der Waals surface area contributed by atoms with E-state index in [1.807, 2.05) is 0 Å². The molecule has 0 aromatic heterocycles. The van der Waals surface area contributed by atoms with Gasteiger partial charge in [-0.2, -0.15) is 0 Å². The van der Waals surface area contributed by atoms with Gasteiger partial charge in [-0.1, -0.05) is 6.92 Å². The third-order valence-corrected chi connectivity index (χ3v) is 3.48. The smallest absolute Gasteiger partial charge is 0.306 e. The second-order valence-corrected chi connectivity index (χ2v) is 4.46. The Hall–Kier alpha value is -0.610. The van der Waals surface area contributed by atoms with Gasteiger partial charge in [0.1, 0.15) is 0 Å². The normalized spacial score (nSPS) is 20.7. The maximum Gasteiger partial charge on any atom is 0.306 e. The minimum Gasteiger partial charge on any atom is -0.469 e. The van der Waals surface area contributed by atoms with Gasteiger partial charge in [0.25, 0.3) is 0 Å². The summed E-state index contributed by atoms with van der Waals surface area (Å²) in [5, 5.41) is 0. The fraction of sp³-hybridized carbons (Fsp3) is 0.917. The van der Waals surface area contributed by atoms with Gasteiger partial charge in [-0.25, -0.2) is 0 Å². The molecule has 0 aliphatic carbocycles. The second-order valence-electron chi connectivity index (χ2n) is 4.46. The van der Waals surface area contributed by atoms with Crippen LogP contribution in [0.25, 0.3) is 0 Å². The summed E-state index contributed by atoms with van der Waals surface area (Å²) in [5.74, 6) is -0.107. The Morgan fingerprint density at radius 2 is 1.94 bits per heavy atom. The number of hydrogen-bond acceptors (Lipinski definition) is 4. The summed E-state index contributed by atoms with van der Waals surface area (Å²) < 4.78 is 4.64. The number of esters is 1. The van der Waals surface area contributed by atoms with Crippen LogP contribution in [0.3, 0.4) is 0 Å². The molecule has 0 N–H and O–H groups in total. The fourth-order valence-corrected chi connectivity index (χ4v) is 2.04. The van der Waals surface area contributed by atoms with Crippen LogP contribution in [0.1, 0.15) is 26.7 Å². The topological polar surface area (TPSA) is 32.8 Å². The SMILES string of the molecule is CCC(C)N1CCN(CCC(=O)OC)CC1.